The predicted molar refractivity (Wildman–Crippen MR) is 58.5 cm³/mol. The summed E-state index contributed by atoms with van der Waals surface area (Å²) in [6.07, 6.45) is 0. The zero-order valence-corrected chi connectivity index (χ0v) is 8.54. The van der Waals surface area contributed by atoms with Gasteiger partial charge in [0.2, 0.25) is 0 Å². The number of phenols is 1. The highest BCUT2D eigenvalue weighted by atomic mass is 16.3. The van der Waals surface area contributed by atoms with E-state index in [-0.39, 0.29) is 12.3 Å². The van der Waals surface area contributed by atoms with Gasteiger partial charge in [0.05, 0.1) is 6.07 Å². The number of nitrogens with one attached hydrogen (secondary N) is 1. The largest absolute Gasteiger partial charge is 0.508 e. The van der Waals surface area contributed by atoms with Crippen molar-refractivity contribution in [1.82, 2.24) is 5.32 Å². The summed E-state index contributed by atoms with van der Waals surface area (Å²) in [6, 6.07) is 8.03. The minimum Gasteiger partial charge on any atom is -0.508 e. The fourth-order valence-electron chi connectivity index (χ4n) is 1.25. The third kappa shape index (κ3) is 3.50. The van der Waals surface area contributed by atoms with E-state index < -0.39 is 6.04 Å². The van der Waals surface area contributed by atoms with Gasteiger partial charge in [0.25, 0.3) is 0 Å². The summed E-state index contributed by atoms with van der Waals surface area (Å²) >= 11 is 0. The highest BCUT2D eigenvalue weighted by Crippen LogP contribution is 2.17. The van der Waals surface area contributed by atoms with Gasteiger partial charge in [0.15, 0.2) is 0 Å². The number of aromatic hydroxyl groups is 1. The molecule has 0 amide bonds. The van der Waals surface area contributed by atoms with Gasteiger partial charge in [-0.25, -0.2) is 0 Å². The lowest BCUT2D eigenvalue weighted by molar-refractivity contribution is 0.473. The molecule has 1 atom stereocenters. The molecule has 0 saturated heterocycles. The third-order valence-electron chi connectivity index (χ3n) is 1.96. The van der Waals surface area contributed by atoms with Crippen LogP contribution in [0.15, 0.2) is 29.4 Å². The van der Waals surface area contributed by atoms with Gasteiger partial charge in [0, 0.05) is 18.0 Å². The van der Waals surface area contributed by atoms with Crippen LogP contribution < -0.4 is 5.32 Å². The molecule has 1 aromatic carbocycles. The monoisotopic (exact) mass is 217 g/mol. The van der Waals surface area contributed by atoms with Gasteiger partial charge < -0.3 is 5.11 Å². The van der Waals surface area contributed by atoms with Crippen molar-refractivity contribution in [1.29, 1.82) is 5.26 Å². The molecule has 0 aliphatic rings. The zero-order chi connectivity index (χ0) is 11.8. The summed E-state index contributed by atoms with van der Waals surface area (Å²) in [5.41, 5.74) is 8.76. The molecular formula is C10H11N5O. The highest BCUT2D eigenvalue weighted by molar-refractivity contribution is 5.31. The molecule has 0 saturated carbocycles. The van der Waals surface area contributed by atoms with Crippen molar-refractivity contribution in [2.75, 3.05) is 13.1 Å². The number of nitrogens with zero attached hydrogens (tertiary/aromatic N) is 4. The van der Waals surface area contributed by atoms with Crippen molar-refractivity contribution in [3.8, 4) is 11.8 Å². The van der Waals surface area contributed by atoms with E-state index in [1.54, 1.807) is 12.1 Å². The van der Waals surface area contributed by atoms with Crippen LogP contribution >= 0.6 is 0 Å². The van der Waals surface area contributed by atoms with Crippen LogP contribution in [0.2, 0.25) is 0 Å². The summed E-state index contributed by atoms with van der Waals surface area (Å²) in [4.78, 5) is 2.61. The van der Waals surface area contributed by atoms with E-state index in [2.05, 4.69) is 21.4 Å². The van der Waals surface area contributed by atoms with Gasteiger partial charge in [-0.15, -0.1) is 0 Å². The van der Waals surface area contributed by atoms with E-state index in [1.165, 1.54) is 12.1 Å². The van der Waals surface area contributed by atoms with Crippen LogP contribution in [-0.4, -0.2) is 18.2 Å². The summed E-state index contributed by atoms with van der Waals surface area (Å²) in [7, 11) is 0. The molecule has 0 fully saturated rings. The number of benzene rings is 1. The Hall–Kier alpha value is -2.22. The van der Waals surface area contributed by atoms with E-state index in [1.807, 2.05) is 0 Å². The first-order valence-corrected chi connectivity index (χ1v) is 4.70. The molecule has 16 heavy (non-hydrogen) atoms. The molecule has 0 heterocycles. The van der Waals surface area contributed by atoms with Crippen LogP contribution in [0.1, 0.15) is 11.6 Å². The van der Waals surface area contributed by atoms with Crippen LogP contribution in [-0.2, 0) is 0 Å². The van der Waals surface area contributed by atoms with E-state index in [9.17, 15) is 5.11 Å². The Morgan fingerprint density at radius 2 is 2.44 bits per heavy atom. The Labute approximate surface area is 92.8 Å². The SMILES string of the molecule is N#CC(NCCN=[N+]=[N-])c1cccc(O)c1. The number of nitriles is 1. The van der Waals surface area contributed by atoms with Crippen LogP contribution in [0.5, 0.6) is 5.75 Å². The van der Waals surface area contributed by atoms with Crippen molar-refractivity contribution < 1.29 is 5.11 Å². The van der Waals surface area contributed by atoms with Crippen LogP contribution in [0.3, 0.4) is 0 Å². The predicted octanol–water partition coefficient (Wildman–Crippen LogP) is 1.86. The number of hydrogen-bond acceptors (Lipinski definition) is 4. The molecule has 0 aromatic heterocycles. The third-order valence-corrected chi connectivity index (χ3v) is 1.96. The molecule has 1 aromatic rings. The van der Waals surface area contributed by atoms with Gasteiger partial charge in [-0.05, 0) is 23.2 Å². The van der Waals surface area contributed by atoms with Crippen molar-refractivity contribution >= 4 is 0 Å². The van der Waals surface area contributed by atoms with E-state index >= 15 is 0 Å². The summed E-state index contributed by atoms with van der Waals surface area (Å²) in [5.74, 6) is 0.120. The number of phenolic OH excluding ortho intramolecular Hbond substituents is 1. The fourth-order valence-corrected chi connectivity index (χ4v) is 1.25. The summed E-state index contributed by atoms with van der Waals surface area (Å²) in [6.45, 7) is 0.700. The van der Waals surface area contributed by atoms with Gasteiger partial charge in [0.1, 0.15) is 11.8 Å². The minimum atomic E-state index is -0.513. The van der Waals surface area contributed by atoms with Crippen LogP contribution in [0.4, 0.5) is 0 Å². The Morgan fingerprint density at radius 3 is 3.06 bits per heavy atom. The maximum Gasteiger partial charge on any atom is 0.121 e. The first-order valence-electron chi connectivity index (χ1n) is 4.70. The number of rotatable bonds is 5. The van der Waals surface area contributed by atoms with Gasteiger partial charge >= 0.3 is 0 Å². The topological polar surface area (TPSA) is 105 Å². The van der Waals surface area contributed by atoms with Gasteiger partial charge in [-0.3, -0.25) is 5.32 Å². The highest BCUT2D eigenvalue weighted by Gasteiger charge is 2.09. The number of hydrogen-bond donors (Lipinski definition) is 2. The lowest BCUT2D eigenvalue weighted by Gasteiger charge is -2.10. The molecular weight excluding hydrogens is 206 g/mol. The average molecular weight is 217 g/mol. The number of azide groups is 1. The summed E-state index contributed by atoms with van der Waals surface area (Å²) in [5, 5.41) is 24.5. The quantitative estimate of drug-likeness (QED) is 0.340. The second kappa shape index (κ2) is 6.30. The lowest BCUT2D eigenvalue weighted by atomic mass is 10.1. The van der Waals surface area contributed by atoms with E-state index in [0.717, 1.165) is 0 Å². The molecule has 1 unspecified atom stereocenters. The minimum absolute atomic E-state index is 0.120. The molecule has 0 spiro atoms. The van der Waals surface area contributed by atoms with E-state index in [0.29, 0.717) is 12.1 Å². The molecule has 82 valence electrons. The molecule has 1 rings (SSSR count). The first-order chi connectivity index (χ1) is 7.77. The standard InChI is InChI=1S/C10H11N5O/c11-7-10(13-4-5-14-15-12)8-2-1-3-9(16)6-8/h1-3,6,10,13,16H,4-5H2. The maximum atomic E-state index is 9.26. The Bertz CT molecular complexity index is 433. The zero-order valence-electron chi connectivity index (χ0n) is 8.54. The first kappa shape index (κ1) is 11.9. The smallest absolute Gasteiger partial charge is 0.121 e. The Kier molecular flexibility index (Phi) is 4.67. The normalized spacial score (nSPS) is 11.2. The lowest BCUT2D eigenvalue weighted by Crippen LogP contribution is -2.22. The van der Waals surface area contributed by atoms with Crippen molar-refractivity contribution in [3.63, 3.8) is 0 Å². The summed E-state index contributed by atoms with van der Waals surface area (Å²) < 4.78 is 0. The molecule has 6 nitrogen and oxygen atoms in total. The Balaban J connectivity index is 2.61. The second-order valence-corrected chi connectivity index (χ2v) is 3.07. The molecule has 0 bridgehead atoms. The van der Waals surface area contributed by atoms with E-state index in [4.69, 9.17) is 10.8 Å². The second-order valence-electron chi connectivity index (χ2n) is 3.07. The molecule has 0 radical (unpaired) electrons. The molecule has 6 heteroatoms. The average Bonchev–Trinajstić information content (AvgIpc) is 2.29. The van der Waals surface area contributed by atoms with Gasteiger partial charge in [-0.2, -0.15) is 5.26 Å². The van der Waals surface area contributed by atoms with Crippen molar-refractivity contribution in [3.05, 3.63) is 40.3 Å². The fraction of sp³-hybridized carbons (Fsp3) is 0.300. The Morgan fingerprint density at radius 1 is 1.62 bits per heavy atom. The van der Waals surface area contributed by atoms with Crippen LogP contribution in [0.25, 0.3) is 10.4 Å². The van der Waals surface area contributed by atoms with Gasteiger partial charge in [-0.1, -0.05) is 17.2 Å². The molecule has 0 aliphatic heterocycles. The van der Waals surface area contributed by atoms with Crippen molar-refractivity contribution in [2.45, 2.75) is 6.04 Å². The molecule has 0 aliphatic carbocycles. The molecule has 2 N–H and O–H groups in total. The van der Waals surface area contributed by atoms with Crippen LogP contribution in [0, 0.1) is 11.3 Å². The van der Waals surface area contributed by atoms with Crippen molar-refractivity contribution in [2.24, 2.45) is 5.11 Å². The maximum absolute atomic E-state index is 9.26.